The minimum absolute atomic E-state index is 0.427. The Balaban J connectivity index is 1.79. The number of anilines is 1. The van der Waals surface area contributed by atoms with Crippen molar-refractivity contribution in [2.45, 2.75) is 53.0 Å². The third kappa shape index (κ3) is 5.05. The van der Waals surface area contributed by atoms with E-state index in [-0.39, 0.29) is 0 Å². The van der Waals surface area contributed by atoms with Crippen molar-refractivity contribution < 1.29 is 0 Å². The molecule has 0 spiro atoms. The average molecular weight is 365 g/mol. The van der Waals surface area contributed by atoms with E-state index in [1.165, 1.54) is 30.4 Å². The van der Waals surface area contributed by atoms with Gasteiger partial charge in [-0.2, -0.15) is 0 Å². The van der Waals surface area contributed by atoms with Crippen molar-refractivity contribution in [3.63, 3.8) is 0 Å². The second-order valence-electron chi connectivity index (χ2n) is 6.80. The maximum atomic E-state index is 5.38. The molecule has 2 rings (SSSR count). The summed E-state index contributed by atoms with van der Waals surface area (Å²) in [5.41, 5.74) is 9.37. The summed E-state index contributed by atoms with van der Waals surface area (Å²) in [6.07, 6.45) is 3.73. The van der Waals surface area contributed by atoms with Gasteiger partial charge in [-0.3, -0.25) is 10.9 Å². The van der Waals surface area contributed by atoms with Crippen LogP contribution in [0.25, 0.3) is 0 Å². The number of hydrogen-bond donors (Lipinski definition) is 4. The lowest BCUT2D eigenvalue weighted by atomic mass is 9.78. The standard InChI is InChI=1S/C18H28N4S2/c1-11-7-5-9-15(13(11)3)19-17(23)21-22-18(24)20-16-10-6-8-12(2)14(16)4/h5,7,9,12,14,16H,6,8,10H2,1-4H3,(H2,19,21,23)(H2,20,22,24)/t12-,14+,16+/m1/s1. The van der Waals surface area contributed by atoms with Crippen molar-refractivity contribution >= 4 is 40.3 Å². The summed E-state index contributed by atoms with van der Waals surface area (Å²) in [6, 6.07) is 6.54. The van der Waals surface area contributed by atoms with Crippen molar-refractivity contribution in [2.24, 2.45) is 11.8 Å². The Morgan fingerprint density at radius 1 is 1.04 bits per heavy atom. The molecule has 3 atom stereocenters. The molecular weight excluding hydrogens is 336 g/mol. The lowest BCUT2D eigenvalue weighted by Crippen LogP contribution is -2.53. The molecule has 1 fully saturated rings. The van der Waals surface area contributed by atoms with E-state index < -0.39 is 0 Å². The first kappa shape index (κ1) is 18.9. The number of hydrogen-bond acceptors (Lipinski definition) is 2. The molecule has 4 nitrogen and oxygen atoms in total. The van der Waals surface area contributed by atoms with Gasteiger partial charge in [-0.15, -0.1) is 0 Å². The van der Waals surface area contributed by atoms with Crippen molar-refractivity contribution in [3.05, 3.63) is 29.3 Å². The predicted molar refractivity (Wildman–Crippen MR) is 110 cm³/mol. The van der Waals surface area contributed by atoms with Crippen LogP contribution in [0.2, 0.25) is 0 Å². The summed E-state index contributed by atoms with van der Waals surface area (Å²) in [6.45, 7) is 8.77. The van der Waals surface area contributed by atoms with Crippen LogP contribution >= 0.6 is 24.4 Å². The molecule has 0 unspecified atom stereocenters. The summed E-state index contributed by atoms with van der Waals surface area (Å²) in [4.78, 5) is 0. The van der Waals surface area contributed by atoms with Crippen molar-refractivity contribution in [1.29, 1.82) is 0 Å². The molecule has 1 aliphatic rings. The molecule has 4 N–H and O–H groups in total. The summed E-state index contributed by atoms with van der Waals surface area (Å²) >= 11 is 10.7. The summed E-state index contributed by atoms with van der Waals surface area (Å²) in [5, 5.41) is 7.69. The SMILES string of the molecule is Cc1cccc(NC(=S)NNC(=S)N[C@H]2CCC[C@@H](C)[C@@H]2C)c1C. The second-order valence-corrected chi connectivity index (χ2v) is 7.62. The zero-order valence-electron chi connectivity index (χ0n) is 14.9. The van der Waals surface area contributed by atoms with Crippen LogP contribution in [0.15, 0.2) is 18.2 Å². The molecule has 0 radical (unpaired) electrons. The van der Waals surface area contributed by atoms with E-state index >= 15 is 0 Å². The van der Waals surface area contributed by atoms with E-state index in [0.717, 1.165) is 11.6 Å². The molecule has 0 amide bonds. The van der Waals surface area contributed by atoms with Gasteiger partial charge >= 0.3 is 0 Å². The lowest BCUT2D eigenvalue weighted by molar-refractivity contribution is 0.224. The molecule has 0 aromatic heterocycles. The zero-order chi connectivity index (χ0) is 17.7. The Bertz CT molecular complexity index is 603. The van der Waals surface area contributed by atoms with Crippen LogP contribution in [0.5, 0.6) is 0 Å². The van der Waals surface area contributed by atoms with Crippen LogP contribution in [0, 0.1) is 25.7 Å². The third-order valence-corrected chi connectivity index (χ3v) is 5.59. The quantitative estimate of drug-likeness (QED) is 0.473. The molecule has 1 aromatic carbocycles. The number of nitrogens with one attached hydrogen (secondary N) is 4. The smallest absolute Gasteiger partial charge is 0.189 e. The highest BCUT2D eigenvalue weighted by Crippen LogP contribution is 2.29. The largest absolute Gasteiger partial charge is 0.358 e. The number of benzene rings is 1. The molecule has 6 heteroatoms. The van der Waals surface area contributed by atoms with Crippen molar-refractivity contribution in [1.82, 2.24) is 16.2 Å². The van der Waals surface area contributed by atoms with Crippen molar-refractivity contribution in [2.75, 3.05) is 5.32 Å². The first-order chi connectivity index (χ1) is 11.4. The Labute approximate surface area is 156 Å². The van der Waals surface area contributed by atoms with Gasteiger partial charge in [0, 0.05) is 11.7 Å². The molecule has 0 bridgehead atoms. The number of aryl methyl sites for hydroxylation is 1. The fourth-order valence-electron chi connectivity index (χ4n) is 3.14. The number of hydrazine groups is 1. The monoisotopic (exact) mass is 364 g/mol. The second kappa shape index (κ2) is 8.62. The van der Waals surface area contributed by atoms with Gasteiger partial charge in [0.15, 0.2) is 10.2 Å². The van der Waals surface area contributed by atoms with Gasteiger partial charge in [-0.05, 0) is 73.7 Å². The topological polar surface area (TPSA) is 48.1 Å². The van der Waals surface area contributed by atoms with E-state index in [0.29, 0.717) is 22.2 Å². The summed E-state index contributed by atoms with van der Waals surface area (Å²) < 4.78 is 0. The van der Waals surface area contributed by atoms with Gasteiger partial charge in [0.05, 0.1) is 0 Å². The molecule has 24 heavy (non-hydrogen) atoms. The maximum absolute atomic E-state index is 5.38. The van der Waals surface area contributed by atoms with E-state index in [1.54, 1.807) is 0 Å². The van der Waals surface area contributed by atoms with Gasteiger partial charge in [0.2, 0.25) is 0 Å². The van der Waals surface area contributed by atoms with Gasteiger partial charge in [0.25, 0.3) is 0 Å². The van der Waals surface area contributed by atoms with Crippen LogP contribution in [0.4, 0.5) is 5.69 Å². The summed E-state index contributed by atoms with van der Waals surface area (Å²) in [7, 11) is 0. The molecule has 132 valence electrons. The minimum atomic E-state index is 0.427. The van der Waals surface area contributed by atoms with Gasteiger partial charge in [-0.25, -0.2) is 0 Å². The highest BCUT2D eigenvalue weighted by Gasteiger charge is 2.27. The third-order valence-electron chi connectivity index (χ3n) is 5.17. The molecule has 0 aliphatic heterocycles. The van der Waals surface area contributed by atoms with Crippen LogP contribution < -0.4 is 21.5 Å². The molecule has 0 heterocycles. The zero-order valence-corrected chi connectivity index (χ0v) is 16.5. The Morgan fingerprint density at radius 2 is 1.75 bits per heavy atom. The van der Waals surface area contributed by atoms with Crippen LogP contribution in [0.3, 0.4) is 0 Å². The van der Waals surface area contributed by atoms with Gasteiger partial charge in [0.1, 0.15) is 0 Å². The van der Waals surface area contributed by atoms with E-state index in [4.69, 9.17) is 24.4 Å². The molecule has 1 aromatic rings. The molecule has 1 aliphatic carbocycles. The Hall–Kier alpha value is -1.40. The fraction of sp³-hybridized carbons (Fsp3) is 0.556. The Morgan fingerprint density at radius 3 is 2.50 bits per heavy atom. The van der Waals surface area contributed by atoms with Gasteiger partial charge < -0.3 is 10.6 Å². The van der Waals surface area contributed by atoms with Crippen LogP contribution in [-0.4, -0.2) is 16.3 Å². The number of rotatable bonds is 2. The van der Waals surface area contributed by atoms with E-state index in [2.05, 4.69) is 55.2 Å². The first-order valence-corrected chi connectivity index (χ1v) is 9.40. The van der Waals surface area contributed by atoms with E-state index in [9.17, 15) is 0 Å². The number of thiocarbonyl (C=S) groups is 2. The van der Waals surface area contributed by atoms with Crippen LogP contribution in [0.1, 0.15) is 44.2 Å². The maximum Gasteiger partial charge on any atom is 0.189 e. The highest BCUT2D eigenvalue weighted by atomic mass is 32.1. The molecular formula is C18H28N4S2. The highest BCUT2D eigenvalue weighted by molar-refractivity contribution is 7.80. The normalized spacial score (nSPS) is 23.2. The lowest BCUT2D eigenvalue weighted by Gasteiger charge is -2.35. The molecule has 0 saturated heterocycles. The van der Waals surface area contributed by atoms with Crippen molar-refractivity contribution in [3.8, 4) is 0 Å². The van der Waals surface area contributed by atoms with E-state index in [1.807, 2.05) is 12.1 Å². The first-order valence-electron chi connectivity index (χ1n) is 8.58. The molecule has 1 saturated carbocycles. The Kier molecular flexibility index (Phi) is 6.80. The van der Waals surface area contributed by atoms with Gasteiger partial charge in [-0.1, -0.05) is 38.8 Å². The fourth-order valence-corrected chi connectivity index (χ4v) is 3.51. The summed E-state index contributed by atoms with van der Waals surface area (Å²) in [5.74, 6) is 1.36. The minimum Gasteiger partial charge on any atom is -0.358 e. The average Bonchev–Trinajstić information content (AvgIpc) is 2.54. The predicted octanol–water partition coefficient (Wildman–Crippen LogP) is 3.79. The van der Waals surface area contributed by atoms with Crippen LogP contribution in [-0.2, 0) is 0 Å².